The summed E-state index contributed by atoms with van der Waals surface area (Å²) < 4.78 is 7.32. The van der Waals surface area contributed by atoms with Gasteiger partial charge in [-0.1, -0.05) is 0 Å². The van der Waals surface area contributed by atoms with Crippen LogP contribution in [0, 0.1) is 0 Å². The van der Waals surface area contributed by atoms with Gasteiger partial charge in [0.05, 0.1) is 25.0 Å². The normalized spacial score (nSPS) is 19.5. The van der Waals surface area contributed by atoms with Crippen molar-refractivity contribution in [2.45, 2.75) is 51.8 Å². The Labute approximate surface area is 121 Å². The first kappa shape index (κ1) is 15.5. The number of hydrogen-bond donors (Lipinski definition) is 1. The molecule has 114 valence electrons. The lowest BCUT2D eigenvalue weighted by Gasteiger charge is -2.43. The summed E-state index contributed by atoms with van der Waals surface area (Å²) in [6.45, 7) is 11.7. The van der Waals surface area contributed by atoms with Gasteiger partial charge in [0.15, 0.2) is 0 Å². The van der Waals surface area contributed by atoms with Gasteiger partial charge in [-0.05, 0) is 33.8 Å². The molecule has 1 aromatic rings. The van der Waals surface area contributed by atoms with E-state index in [1.54, 1.807) is 0 Å². The first-order valence-electron chi connectivity index (χ1n) is 7.46. The van der Waals surface area contributed by atoms with Gasteiger partial charge < -0.3 is 9.84 Å². The van der Waals surface area contributed by atoms with E-state index < -0.39 is 6.10 Å². The maximum Gasteiger partial charge on any atom is 0.0774 e. The molecule has 0 radical (unpaired) electrons. The fourth-order valence-electron chi connectivity index (χ4n) is 2.57. The molecule has 1 unspecified atom stereocenters. The lowest BCUT2D eigenvalue weighted by Crippen LogP contribution is -2.56. The van der Waals surface area contributed by atoms with Crippen LogP contribution in [0.1, 0.15) is 39.4 Å². The lowest BCUT2D eigenvalue weighted by molar-refractivity contribution is -0.0614. The topological polar surface area (TPSA) is 50.5 Å². The van der Waals surface area contributed by atoms with Crippen molar-refractivity contribution in [1.82, 2.24) is 14.7 Å². The summed E-state index contributed by atoms with van der Waals surface area (Å²) in [5, 5.41) is 15.1. The summed E-state index contributed by atoms with van der Waals surface area (Å²) in [6, 6.07) is 2.35. The van der Waals surface area contributed by atoms with Crippen molar-refractivity contribution in [3.63, 3.8) is 0 Å². The minimum absolute atomic E-state index is 0.259. The maximum atomic E-state index is 10.6. The fourth-order valence-corrected chi connectivity index (χ4v) is 2.57. The first-order valence-corrected chi connectivity index (χ1v) is 7.46. The quantitative estimate of drug-likeness (QED) is 0.888. The van der Waals surface area contributed by atoms with Crippen molar-refractivity contribution in [3.05, 3.63) is 18.0 Å². The van der Waals surface area contributed by atoms with E-state index in [1.807, 2.05) is 16.9 Å². The molecule has 0 saturated carbocycles. The Morgan fingerprint density at radius 1 is 1.35 bits per heavy atom. The largest absolute Gasteiger partial charge is 0.391 e. The summed E-state index contributed by atoms with van der Waals surface area (Å²) in [5.74, 6) is 0. The zero-order valence-corrected chi connectivity index (χ0v) is 13.0. The van der Waals surface area contributed by atoms with E-state index in [2.05, 4.69) is 37.7 Å². The van der Waals surface area contributed by atoms with Crippen LogP contribution in [0.4, 0.5) is 0 Å². The van der Waals surface area contributed by atoms with E-state index in [1.165, 1.54) is 0 Å². The average molecular weight is 281 g/mol. The van der Waals surface area contributed by atoms with Crippen LogP contribution in [0.5, 0.6) is 0 Å². The van der Waals surface area contributed by atoms with Crippen LogP contribution in [0.3, 0.4) is 0 Å². The van der Waals surface area contributed by atoms with Crippen LogP contribution in [0.15, 0.2) is 12.3 Å². The number of hydrogen-bond acceptors (Lipinski definition) is 4. The van der Waals surface area contributed by atoms with Crippen LogP contribution in [-0.2, 0) is 11.2 Å². The Morgan fingerprint density at radius 3 is 2.55 bits per heavy atom. The molecule has 1 aromatic heterocycles. The molecular weight excluding hydrogens is 254 g/mol. The summed E-state index contributed by atoms with van der Waals surface area (Å²) in [5.41, 5.74) is 0.693. The van der Waals surface area contributed by atoms with E-state index in [4.69, 9.17) is 4.74 Å². The van der Waals surface area contributed by atoms with Crippen molar-refractivity contribution in [1.29, 1.82) is 0 Å². The average Bonchev–Trinajstić information content (AvgIpc) is 2.88. The third-order valence-corrected chi connectivity index (χ3v) is 4.24. The van der Waals surface area contributed by atoms with Crippen LogP contribution in [0.2, 0.25) is 0 Å². The van der Waals surface area contributed by atoms with E-state index in [9.17, 15) is 5.11 Å². The zero-order chi connectivity index (χ0) is 14.8. The highest BCUT2D eigenvalue weighted by atomic mass is 16.5. The molecule has 0 bridgehead atoms. The molecule has 1 fully saturated rings. The smallest absolute Gasteiger partial charge is 0.0774 e. The number of ether oxygens (including phenoxy) is 1. The lowest BCUT2D eigenvalue weighted by atomic mass is 9.91. The second kappa shape index (κ2) is 6.24. The maximum absolute atomic E-state index is 10.6. The SMILES string of the molecule is CC(C)n1ccc(CC(O)C(C)(C)N2CCOCC2)n1. The molecule has 5 heteroatoms. The van der Waals surface area contributed by atoms with Crippen LogP contribution in [0.25, 0.3) is 0 Å². The van der Waals surface area contributed by atoms with Gasteiger partial charge in [0.25, 0.3) is 0 Å². The molecule has 1 atom stereocenters. The van der Waals surface area contributed by atoms with Crippen molar-refractivity contribution in [2.24, 2.45) is 0 Å². The standard InChI is InChI=1S/C15H27N3O2/c1-12(2)18-6-5-13(16-18)11-14(19)15(3,4)17-7-9-20-10-8-17/h5-6,12,14,19H,7-11H2,1-4H3. The number of aromatic nitrogens is 2. The molecule has 0 aliphatic carbocycles. The van der Waals surface area contributed by atoms with Crippen LogP contribution in [-0.4, -0.2) is 57.7 Å². The highest BCUT2D eigenvalue weighted by Gasteiger charge is 2.35. The zero-order valence-electron chi connectivity index (χ0n) is 13.0. The van der Waals surface area contributed by atoms with Gasteiger partial charge in [0.2, 0.25) is 0 Å². The first-order chi connectivity index (χ1) is 9.41. The Kier molecular flexibility index (Phi) is 4.83. The molecule has 0 amide bonds. The number of aliphatic hydroxyl groups excluding tert-OH is 1. The van der Waals surface area contributed by atoms with Gasteiger partial charge >= 0.3 is 0 Å². The monoisotopic (exact) mass is 281 g/mol. The third-order valence-electron chi connectivity index (χ3n) is 4.24. The summed E-state index contributed by atoms with van der Waals surface area (Å²) in [4.78, 5) is 2.31. The van der Waals surface area contributed by atoms with Crippen LogP contribution < -0.4 is 0 Å². The van der Waals surface area contributed by atoms with Crippen molar-refractivity contribution >= 4 is 0 Å². The predicted octanol–water partition coefficient (Wildman–Crippen LogP) is 1.48. The van der Waals surface area contributed by atoms with Crippen molar-refractivity contribution < 1.29 is 9.84 Å². The second-order valence-electron chi connectivity index (χ2n) is 6.35. The van der Waals surface area contributed by atoms with Gasteiger partial charge in [-0.25, -0.2) is 0 Å². The van der Waals surface area contributed by atoms with E-state index in [-0.39, 0.29) is 5.54 Å². The molecule has 2 rings (SSSR count). The van der Waals surface area contributed by atoms with Gasteiger partial charge in [0.1, 0.15) is 0 Å². The number of aliphatic hydroxyl groups is 1. The molecule has 2 heterocycles. The summed E-state index contributed by atoms with van der Waals surface area (Å²) >= 11 is 0. The van der Waals surface area contributed by atoms with E-state index in [0.717, 1.165) is 32.0 Å². The Hall–Kier alpha value is -0.910. The molecule has 20 heavy (non-hydrogen) atoms. The van der Waals surface area contributed by atoms with Crippen molar-refractivity contribution in [2.75, 3.05) is 26.3 Å². The van der Waals surface area contributed by atoms with Gasteiger partial charge in [-0.15, -0.1) is 0 Å². The van der Waals surface area contributed by atoms with Gasteiger partial charge in [0, 0.05) is 37.3 Å². The van der Waals surface area contributed by atoms with Crippen LogP contribution >= 0.6 is 0 Å². The molecule has 1 N–H and O–H groups in total. The van der Waals surface area contributed by atoms with E-state index in [0.29, 0.717) is 12.5 Å². The fraction of sp³-hybridized carbons (Fsp3) is 0.800. The Morgan fingerprint density at radius 2 is 2.00 bits per heavy atom. The minimum Gasteiger partial charge on any atom is -0.391 e. The molecule has 1 aliphatic rings. The van der Waals surface area contributed by atoms with E-state index >= 15 is 0 Å². The highest BCUT2D eigenvalue weighted by Crippen LogP contribution is 2.23. The predicted molar refractivity (Wildman–Crippen MR) is 78.8 cm³/mol. The van der Waals surface area contributed by atoms with Gasteiger partial charge in [-0.2, -0.15) is 5.10 Å². The van der Waals surface area contributed by atoms with Crippen molar-refractivity contribution in [3.8, 4) is 0 Å². The highest BCUT2D eigenvalue weighted by molar-refractivity contribution is 5.04. The molecule has 0 spiro atoms. The second-order valence-corrected chi connectivity index (χ2v) is 6.35. The molecule has 0 aromatic carbocycles. The molecular formula is C15H27N3O2. The third kappa shape index (κ3) is 3.40. The molecule has 1 aliphatic heterocycles. The summed E-state index contributed by atoms with van der Waals surface area (Å²) in [7, 11) is 0. The number of rotatable bonds is 5. The molecule has 5 nitrogen and oxygen atoms in total. The van der Waals surface area contributed by atoms with Gasteiger partial charge in [-0.3, -0.25) is 9.58 Å². The summed E-state index contributed by atoms with van der Waals surface area (Å²) in [6.07, 6.45) is 2.13. The number of morpholine rings is 1. The minimum atomic E-state index is -0.434. The number of nitrogens with zero attached hydrogens (tertiary/aromatic N) is 3. The Bertz CT molecular complexity index is 423. The Balaban J connectivity index is 1.99. The molecule has 1 saturated heterocycles.